The summed E-state index contributed by atoms with van der Waals surface area (Å²) in [7, 11) is 4.71. The summed E-state index contributed by atoms with van der Waals surface area (Å²) in [6, 6.07) is 9.06. The van der Waals surface area contributed by atoms with Gasteiger partial charge in [-0.2, -0.15) is 4.98 Å². The third kappa shape index (κ3) is 4.26. The first-order valence-corrected chi connectivity index (χ1v) is 9.12. The van der Waals surface area contributed by atoms with Crippen molar-refractivity contribution in [1.82, 2.24) is 14.8 Å². The van der Waals surface area contributed by atoms with Crippen LogP contribution >= 0.6 is 23.2 Å². The monoisotopic (exact) mass is 422 g/mol. The van der Waals surface area contributed by atoms with Crippen LogP contribution < -0.4 is 19.9 Å². The van der Waals surface area contributed by atoms with E-state index in [1.54, 1.807) is 38.1 Å². The maximum Gasteiger partial charge on any atom is 0.239 e. The molecule has 0 bridgehead atoms. The van der Waals surface area contributed by atoms with Crippen molar-refractivity contribution >= 4 is 29.2 Å². The summed E-state index contributed by atoms with van der Waals surface area (Å²) >= 11 is 12.3. The molecular formula is C19H20Cl2N4O3. The molecule has 0 fully saturated rings. The molecule has 148 valence electrons. The van der Waals surface area contributed by atoms with Gasteiger partial charge in [-0.25, -0.2) is 4.68 Å². The van der Waals surface area contributed by atoms with E-state index in [-0.39, 0.29) is 5.95 Å². The van der Waals surface area contributed by atoms with Gasteiger partial charge in [-0.1, -0.05) is 29.3 Å². The lowest BCUT2D eigenvalue weighted by molar-refractivity contribution is 0.323. The molecular weight excluding hydrogens is 403 g/mol. The number of anilines is 1. The molecule has 0 amide bonds. The van der Waals surface area contributed by atoms with Crippen LogP contribution in [0.1, 0.15) is 17.0 Å². The fourth-order valence-electron chi connectivity index (χ4n) is 2.89. The van der Waals surface area contributed by atoms with Crippen LogP contribution in [0.5, 0.6) is 17.2 Å². The van der Waals surface area contributed by atoms with Crippen LogP contribution in [-0.4, -0.2) is 36.1 Å². The Morgan fingerprint density at radius 3 is 2.25 bits per heavy atom. The Morgan fingerprint density at radius 1 is 1.00 bits per heavy atom. The maximum absolute atomic E-state index is 6.29. The van der Waals surface area contributed by atoms with Crippen LogP contribution in [-0.2, 0) is 13.0 Å². The average molecular weight is 423 g/mol. The molecule has 0 aliphatic rings. The molecule has 0 aliphatic heterocycles. The van der Waals surface area contributed by atoms with Gasteiger partial charge in [-0.05, 0) is 35.4 Å². The molecule has 0 atom stereocenters. The van der Waals surface area contributed by atoms with Crippen LogP contribution in [0.15, 0.2) is 30.3 Å². The Labute approximate surface area is 172 Å². The maximum atomic E-state index is 6.29. The molecule has 1 heterocycles. The van der Waals surface area contributed by atoms with Gasteiger partial charge in [-0.15, -0.1) is 5.10 Å². The van der Waals surface area contributed by atoms with Crippen LogP contribution in [0.4, 0.5) is 5.95 Å². The summed E-state index contributed by atoms with van der Waals surface area (Å²) < 4.78 is 17.9. The highest BCUT2D eigenvalue weighted by atomic mass is 35.5. The highest BCUT2D eigenvalue weighted by Crippen LogP contribution is 2.38. The molecule has 9 heteroatoms. The van der Waals surface area contributed by atoms with Crippen molar-refractivity contribution in [1.29, 1.82) is 0 Å². The number of methoxy groups -OCH3 is 3. The normalized spacial score (nSPS) is 10.8. The number of hydrogen-bond acceptors (Lipinski definition) is 6. The van der Waals surface area contributed by atoms with E-state index in [9.17, 15) is 0 Å². The van der Waals surface area contributed by atoms with Gasteiger partial charge in [0, 0.05) is 16.5 Å². The third-order valence-corrected chi connectivity index (χ3v) is 4.77. The topological polar surface area (TPSA) is 84.4 Å². The SMILES string of the molecule is COc1cc(Cn2nc(N)nc2Cc2ccc(Cl)cc2Cl)cc(OC)c1OC. The van der Waals surface area contributed by atoms with Gasteiger partial charge >= 0.3 is 0 Å². The Balaban J connectivity index is 1.93. The Hall–Kier alpha value is -2.64. The molecule has 7 nitrogen and oxygen atoms in total. The lowest BCUT2D eigenvalue weighted by atomic mass is 10.1. The second kappa shape index (κ2) is 8.58. The van der Waals surface area contributed by atoms with E-state index < -0.39 is 0 Å². The zero-order valence-corrected chi connectivity index (χ0v) is 17.2. The van der Waals surface area contributed by atoms with Crippen molar-refractivity contribution in [2.75, 3.05) is 27.1 Å². The number of halogens is 2. The first-order valence-electron chi connectivity index (χ1n) is 8.37. The van der Waals surface area contributed by atoms with Crippen molar-refractivity contribution in [2.45, 2.75) is 13.0 Å². The summed E-state index contributed by atoms with van der Waals surface area (Å²) in [5.74, 6) is 2.52. The van der Waals surface area contributed by atoms with E-state index >= 15 is 0 Å². The van der Waals surface area contributed by atoms with E-state index in [1.165, 1.54) is 0 Å². The van der Waals surface area contributed by atoms with E-state index in [0.29, 0.717) is 46.1 Å². The van der Waals surface area contributed by atoms with Crippen LogP contribution in [0.3, 0.4) is 0 Å². The fraction of sp³-hybridized carbons (Fsp3) is 0.263. The molecule has 2 aromatic carbocycles. The molecule has 28 heavy (non-hydrogen) atoms. The number of nitrogens with zero attached hydrogens (tertiary/aromatic N) is 3. The zero-order chi connectivity index (χ0) is 20.3. The van der Waals surface area contributed by atoms with E-state index in [0.717, 1.165) is 11.1 Å². The highest BCUT2D eigenvalue weighted by molar-refractivity contribution is 6.35. The molecule has 0 saturated heterocycles. The van der Waals surface area contributed by atoms with Gasteiger partial charge < -0.3 is 19.9 Å². The van der Waals surface area contributed by atoms with Gasteiger partial charge in [0.15, 0.2) is 11.5 Å². The highest BCUT2D eigenvalue weighted by Gasteiger charge is 2.16. The fourth-order valence-corrected chi connectivity index (χ4v) is 3.36. The van der Waals surface area contributed by atoms with Crippen molar-refractivity contribution in [3.05, 3.63) is 57.3 Å². The lowest BCUT2D eigenvalue weighted by Crippen LogP contribution is -2.09. The molecule has 3 rings (SSSR count). The predicted molar refractivity (Wildman–Crippen MR) is 109 cm³/mol. The Kier molecular flexibility index (Phi) is 6.16. The second-order valence-electron chi connectivity index (χ2n) is 5.99. The molecule has 0 spiro atoms. The molecule has 0 saturated carbocycles. The standard InChI is InChI=1S/C19H20Cl2N4O3/c1-26-15-6-11(7-16(27-2)18(15)28-3)10-25-17(23-19(22)24-25)8-12-4-5-13(20)9-14(12)21/h4-7,9H,8,10H2,1-3H3,(H2,22,24). The third-order valence-electron chi connectivity index (χ3n) is 4.19. The number of ether oxygens (including phenoxy) is 3. The largest absolute Gasteiger partial charge is 0.493 e. The number of nitrogen functional groups attached to an aromatic ring is 1. The molecule has 2 N–H and O–H groups in total. The number of aromatic nitrogens is 3. The minimum absolute atomic E-state index is 0.188. The number of hydrogen-bond donors (Lipinski definition) is 1. The lowest BCUT2D eigenvalue weighted by Gasteiger charge is -2.14. The van der Waals surface area contributed by atoms with Crippen molar-refractivity contribution in [2.24, 2.45) is 0 Å². The van der Waals surface area contributed by atoms with Crippen molar-refractivity contribution in [3.63, 3.8) is 0 Å². The van der Waals surface area contributed by atoms with Gasteiger partial charge in [0.05, 0.1) is 27.9 Å². The van der Waals surface area contributed by atoms with Crippen LogP contribution in [0.2, 0.25) is 10.0 Å². The summed E-state index contributed by atoms with van der Waals surface area (Å²) in [5, 5.41) is 5.44. The smallest absolute Gasteiger partial charge is 0.239 e. The van der Waals surface area contributed by atoms with Crippen LogP contribution in [0.25, 0.3) is 0 Å². The summed E-state index contributed by atoms with van der Waals surface area (Å²) in [5.41, 5.74) is 7.61. The minimum Gasteiger partial charge on any atom is -0.493 e. The van der Waals surface area contributed by atoms with Crippen molar-refractivity contribution in [3.8, 4) is 17.2 Å². The quantitative estimate of drug-likeness (QED) is 0.622. The van der Waals surface area contributed by atoms with Crippen LogP contribution in [0, 0.1) is 0 Å². The van der Waals surface area contributed by atoms with Crippen molar-refractivity contribution < 1.29 is 14.2 Å². The Morgan fingerprint density at radius 2 is 1.68 bits per heavy atom. The molecule has 3 aromatic rings. The summed E-state index contributed by atoms with van der Waals surface area (Å²) in [6.45, 7) is 0.418. The molecule has 0 unspecified atom stereocenters. The van der Waals surface area contributed by atoms with Gasteiger partial charge in [0.1, 0.15) is 5.82 Å². The Bertz CT molecular complexity index is 966. The summed E-state index contributed by atoms with van der Waals surface area (Å²) in [6.07, 6.45) is 0.463. The number of benzene rings is 2. The first-order chi connectivity index (χ1) is 13.4. The molecule has 0 radical (unpaired) electrons. The zero-order valence-electron chi connectivity index (χ0n) is 15.7. The van der Waals surface area contributed by atoms with E-state index in [2.05, 4.69) is 10.1 Å². The van der Waals surface area contributed by atoms with Gasteiger partial charge in [0.25, 0.3) is 0 Å². The predicted octanol–water partition coefficient (Wildman–Crippen LogP) is 3.83. The minimum atomic E-state index is 0.188. The first kappa shape index (κ1) is 20.1. The average Bonchev–Trinajstić information content (AvgIpc) is 3.01. The number of nitrogens with two attached hydrogens (primary N) is 1. The molecule has 0 aliphatic carbocycles. The second-order valence-corrected chi connectivity index (χ2v) is 6.83. The molecule has 1 aromatic heterocycles. The summed E-state index contributed by atoms with van der Waals surface area (Å²) in [4.78, 5) is 4.34. The number of rotatable bonds is 7. The van der Waals surface area contributed by atoms with E-state index in [1.807, 2.05) is 18.2 Å². The van der Waals surface area contributed by atoms with Gasteiger partial charge in [0.2, 0.25) is 11.7 Å². The van der Waals surface area contributed by atoms with E-state index in [4.69, 9.17) is 43.1 Å². The van der Waals surface area contributed by atoms with Gasteiger partial charge in [-0.3, -0.25) is 0 Å².